The highest BCUT2D eigenvalue weighted by Crippen LogP contribution is 2.20. The second-order valence-corrected chi connectivity index (χ2v) is 3.76. The fourth-order valence-electron chi connectivity index (χ4n) is 1.71. The molecule has 0 aliphatic carbocycles. The van der Waals surface area contributed by atoms with E-state index >= 15 is 0 Å². The Morgan fingerprint density at radius 3 is 2.94 bits per heavy atom. The lowest BCUT2D eigenvalue weighted by atomic mass is 10.2. The molecular formula is C11H12N4O2. The van der Waals surface area contributed by atoms with Gasteiger partial charge in [0.2, 0.25) is 5.82 Å². The van der Waals surface area contributed by atoms with E-state index in [0.29, 0.717) is 24.9 Å². The summed E-state index contributed by atoms with van der Waals surface area (Å²) >= 11 is 0. The summed E-state index contributed by atoms with van der Waals surface area (Å²) in [4.78, 5) is 8.28. The zero-order valence-corrected chi connectivity index (χ0v) is 9.17. The van der Waals surface area contributed by atoms with Gasteiger partial charge in [-0.1, -0.05) is 5.16 Å². The van der Waals surface area contributed by atoms with Crippen molar-refractivity contribution >= 4 is 0 Å². The van der Waals surface area contributed by atoms with Crippen molar-refractivity contribution in [2.75, 3.05) is 19.7 Å². The topological polar surface area (TPSA) is 73.1 Å². The smallest absolute Gasteiger partial charge is 0.257 e. The molecule has 3 rings (SSSR count). The molecule has 1 atom stereocenters. The summed E-state index contributed by atoms with van der Waals surface area (Å²) in [6.07, 6.45) is 3.25. The summed E-state index contributed by atoms with van der Waals surface area (Å²) in [6.45, 7) is 2.23. The van der Waals surface area contributed by atoms with Gasteiger partial charge in [-0.3, -0.25) is 4.98 Å². The van der Waals surface area contributed by atoms with E-state index in [4.69, 9.17) is 9.26 Å². The molecule has 0 unspecified atom stereocenters. The van der Waals surface area contributed by atoms with Crippen molar-refractivity contribution in [1.82, 2.24) is 20.4 Å². The van der Waals surface area contributed by atoms with Crippen molar-refractivity contribution in [3.05, 3.63) is 30.4 Å². The number of morpholine rings is 1. The minimum Gasteiger partial charge on any atom is -0.366 e. The normalized spacial score (nSPS) is 20.4. The van der Waals surface area contributed by atoms with Crippen molar-refractivity contribution in [3.63, 3.8) is 0 Å². The fraction of sp³-hybridized carbons (Fsp3) is 0.364. The molecule has 0 saturated carbocycles. The number of pyridine rings is 1. The largest absolute Gasteiger partial charge is 0.366 e. The third-order valence-corrected chi connectivity index (χ3v) is 2.58. The third kappa shape index (κ3) is 2.17. The molecular weight excluding hydrogens is 220 g/mol. The maximum absolute atomic E-state index is 5.54. The summed E-state index contributed by atoms with van der Waals surface area (Å²) < 4.78 is 10.8. The second-order valence-electron chi connectivity index (χ2n) is 3.76. The van der Waals surface area contributed by atoms with Gasteiger partial charge in [0.15, 0.2) is 0 Å². The molecule has 1 fully saturated rings. The van der Waals surface area contributed by atoms with Crippen molar-refractivity contribution in [3.8, 4) is 11.4 Å². The van der Waals surface area contributed by atoms with Crippen LogP contribution in [-0.2, 0) is 4.74 Å². The van der Waals surface area contributed by atoms with Gasteiger partial charge in [0.1, 0.15) is 6.10 Å². The number of hydrogen-bond donors (Lipinski definition) is 1. The fourth-order valence-corrected chi connectivity index (χ4v) is 1.71. The number of rotatable bonds is 2. The highest BCUT2D eigenvalue weighted by molar-refractivity contribution is 5.52. The first-order valence-electron chi connectivity index (χ1n) is 5.50. The predicted octanol–water partition coefficient (Wildman–Crippen LogP) is 0.792. The second kappa shape index (κ2) is 4.60. The lowest BCUT2D eigenvalue weighted by molar-refractivity contribution is 0.00755. The lowest BCUT2D eigenvalue weighted by Gasteiger charge is -2.19. The summed E-state index contributed by atoms with van der Waals surface area (Å²) in [5.41, 5.74) is 0.888. The molecule has 0 spiro atoms. The molecule has 1 aliphatic heterocycles. The zero-order valence-electron chi connectivity index (χ0n) is 9.17. The van der Waals surface area contributed by atoms with Gasteiger partial charge >= 0.3 is 0 Å². The van der Waals surface area contributed by atoms with Crippen LogP contribution in [0.5, 0.6) is 0 Å². The highest BCUT2D eigenvalue weighted by Gasteiger charge is 2.22. The van der Waals surface area contributed by atoms with Gasteiger partial charge in [-0.05, 0) is 12.1 Å². The molecule has 17 heavy (non-hydrogen) atoms. The van der Waals surface area contributed by atoms with Crippen LogP contribution in [0.3, 0.4) is 0 Å². The van der Waals surface area contributed by atoms with Crippen LogP contribution >= 0.6 is 0 Å². The van der Waals surface area contributed by atoms with E-state index in [1.165, 1.54) is 0 Å². The molecule has 0 amide bonds. The summed E-state index contributed by atoms with van der Waals surface area (Å²) in [6, 6.07) is 3.68. The molecule has 2 aromatic rings. The summed E-state index contributed by atoms with van der Waals surface area (Å²) in [7, 11) is 0. The van der Waals surface area contributed by atoms with Crippen molar-refractivity contribution in [2.45, 2.75) is 6.10 Å². The average Bonchev–Trinajstić information content (AvgIpc) is 2.90. The molecule has 2 aromatic heterocycles. The number of ether oxygens (including phenoxy) is 1. The Bertz CT molecular complexity index is 479. The number of nitrogens with zero attached hydrogens (tertiary/aromatic N) is 3. The van der Waals surface area contributed by atoms with E-state index in [2.05, 4.69) is 20.4 Å². The van der Waals surface area contributed by atoms with E-state index in [-0.39, 0.29) is 6.10 Å². The first-order chi connectivity index (χ1) is 8.43. The first-order valence-corrected chi connectivity index (χ1v) is 5.50. The van der Waals surface area contributed by atoms with Crippen LogP contribution in [-0.4, -0.2) is 34.8 Å². The Balaban J connectivity index is 1.83. The molecule has 1 aliphatic rings. The Morgan fingerprint density at radius 1 is 1.29 bits per heavy atom. The first kappa shape index (κ1) is 10.4. The zero-order chi connectivity index (χ0) is 11.5. The number of aromatic nitrogens is 3. The van der Waals surface area contributed by atoms with E-state index in [1.54, 1.807) is 12.4 Å². The van der Waals surface area contributed by atoms with Crippen LogP contribution in [0.2, 0.25) is 0 Å². The van der Waals surface area contributed by atoms with Crippen molar-refractivity contribution in [2.24, 2.45) is 0 Å². The number of hydrogen-bond acceptors (Lipinski definition) is 6. The van der Waals surface area contributed by atoms with Crippen molar-refractivity contribution in [1.29, 1.82) is 0 Å². The van der Waals surface area contributed by atoms with E-state index in [0.717, 1.165) is 12.1 Å². The molecule has 88 valence electrons. The summed E-state index contributed by atoms with van der Waals surface area (Å²) in [5.74, 6) is 1.08. The number of nitrogens with one attached hydrogen (secondary N) is 1. The van der Waals surface area contributed by atoms with Gasteiger partial charge in [0.25, 0.3) is 5.89 Å². The van der Waals surface area contributed by atoms with Gasteiger partial charge in [-0.2, -0.15) is 4.98 Å². The highest BCUT2D eigenvalue weighted by atomic mass is 16.5. The quantitative estimate of drug-likeness (QED) is 0.825. The van der Waals surface area contributed by atoms with Crippen LogP contribution < -0.4 is 5.32 Å². The minimum atomic E-state index is -0.146. The van der Waals surface area contributed by atoms with E-state index < -0.39 is 0 Å². The molecule has 0 radical (unpaired) electrons. The monoisotopic (exact) mass is 232 g/mol. The minimum absolute atomic E-state index is 0.146. The van der Waals surface area contributed by atoms with Crippen LogP contribution in [0.1, 0.15) is 12.0 Å². The predicted molar refractivity (Wildman–Crippen MR) is 59.1 cm³/mol. The Morgan fingerprint density at radius 2 is 2.18 bits per heavy atom. The molecule has 0 bridgehead atoms. The van der Waals surface area contributed by atoms with Crippen LogP contribution in [0.25, 0.3) is 11.4 Å². The van der Waals surface area contributed by atoms with Crippen molar-refractivity contribution < 1.29 is 9.26 Å². The van der Waals surface area contributed by atoms with Crippen LogP contribution in [0, 0.1) is 0 Å². The maximum Gasteiger partial charge on any atom is 0.257 e. The summed E-state index contributed by atoms with van der Waals surface area (Å²) in [5, 5.41) is 7.16. The maximum atomic E-state index is 5.54. The molecule has 1 N–H and O–H groups in total. The molecule has 6 nitrogen and oxygen atoms in total. The van der Waals surface area contributed by atoms with E-state index in [1.807, 2.05) is 12.1 Å². The van der Waals surface area contributed by atoms with Gasteiger partial charge in [0, 0.05) is 31.0 Å². The molecule has 1 saturated heterocycles. The molecule has 0 aromatic carbocycles. The Labute approximate surface area is 98.0 Å². The standard InChI is InChI=1S/C11H12N4O2/c1-3-12-4-2-8(1)10-14-11(17-15-10)9-7-13-5-6-16-9/h1-4,9,13H,5-7H2/t9-/m0/s1. The molecule has 3 heterocycles. The van der Waals surface area contributed by atoms with Crippen LogP contribution in [0.15, 0.2) is 29.0 Å². The van der Waals surface area contributed by atoms with Gasteiger partial charge in [-0.25, -0.2) is 0 Å². The van der Waals surface area contributed by atoms with Crippen LogP contribution in [0.4, 0.5) is 0 Å². The van der Waals surface area contributed by atoms with E-state index in [9.17, 15) is 0 Å². The third-order valence-electron chi connectivity index (χ3n) is 2.58. The SMILES string of the molecule is c1cc(-c2noc([C@@H]3CNCCO3)n2)ccn1. The van der Waals surface area contributed by atoms with Gasteiger partial charge in [-0.15, -0.1) is 0 Å². The van der Waals surface area contributed by atoms with Gasteiger partial charge < -0.3 is 14.6 Å². The molecule has 6 heteroatoms. The lowest BCUT2D eigenvalue weighted by Crippen LogP contribution is -2.33. The average molecular weight is 232 g/mol. The van der Waals surface area contributed by atoms with Gasteiger partial charge in [0.05, 0.1) is 6.61 Å². The Kier molecular flexibility index (Phi) is 2.81. The Hall–Kier alpha value is -1.79.